The lowest BCUT2D eigenvalue weighted by Gasteiger charge is -2.16. The molecule has 1 heterocycles. The van der Waals surface area contributed by atoms with Crippen LogP contribution in [0.3, 0.4) is 0 Å². The van der Waals surface area contributed by atoms with E-state index in [1.54, 1.807) is 36.4 Å². The lowest BCUT2D eigenvalue weighted by atomic mass is 9.91. The highest BCUT2D eigenvalue weighted by Gasteiger charge is 2.33. The number of alkyl halides is 3. The van der Waals surface area contributed by atoms with Gasteiger partial charge in [0.05, 0.1) is 16.6 Å². The van der Waals surface area contributed by atoms with E-state index in [9.17, 15) is 17.6 Å². The first-order valence-electron chi connectivity index (χ1n) is 11.3. The van der Waals surface area contributed by atoms with Crippen molar-refractivity contribution in [3.8, 4) is 23.0 Å². The molecule has 0 fully saturated rings. The average molecular weight is 481 g/mol. The number of benzene rings is 4. The van der Waals surface area contributed by atoms with E-state index in [0.717, 1.165) is 17.2 Å². The van der Waals surface area contributed by atoms with Crippen molar-refractivity contribution in [2.24, 2.45) is 0 Å². The van der Waals surface area contributed by atoms with Gasteiger partial charge in [0.15, 0.2) is 0 Å². The standard InChI is InChI=1S/C31H19F4N/c32-28-15-5-4-11-23(28)17-16-22-10-6-12-24(18-22)29-25(19-21-8-2-1-3-9-21)20-36-30-26(29)13-7-14-27(30)31(33,34)35/h1-15,18,20H,19H2. The Hall–Kier alpha value is -4.43. The summed E-state index contributed by atoms with van der Waals surface area (Å²) in [5.74, 6) is 5.41. The van der Waals surface area contributed by atoms with Gasteiger partial charge >= 0.3 is 6.18 Å². The van der Waals surface area contributed by atoms with E-state index >= 15 is 0 Å². The van der Waals surface area contributed by atoms with Gasteiger partial charge in [0.25, 0.3) is 0 Å². The first kappa shape index (κ1) is 23.3. The summed E-state index contributed by atoms with van der Waals surface area (Å²) in [5, 5.41) is 0.414. The number of hydrogen-bond donors (Lipinski definition) is 0. The van der Waals surface area contributed by atoms with E-state index in [1.807, 2.05) is 42.5 Å². The molecule has 4 aromatic carbocycles. The lowest BCUT2D eigenvalue weighted by molar-refractivity contribution is -0.136. The van der Waals surface area contributed by atoms with Crippen molar-refractivity contribution in [1.82, 2.24) is 4.98 Å². The van der Waals surface area contributed by atoms with Crippen molar-refractivity contribution in [1.29, 1.82) is 0 Å². The Kier molecular flexibility index (Phi) is 6.26. The minimum absolute atomic E-state index is 0.0975. The Labute approximate surface area is 206 Å². The van der Waals surface area contributed by atoms with Crippen LogP contribution < -0.4 is 0 Å². The number of fused-ring (bicyclic) bond motifs is 1. The number of halogens is 4. The van der Waals surface area contributed by atoms with Crippen LogP contribution in [-0.4, -0.2) is 4.98 Å². The van der Waals surface area contributed by atoms with Gasteiger partial charge in [0.2, 0.25) is 0 Å². The molecule has 0 unspecified atom stereocenters. The van der Waals surface area contributed by atoms with Crippen molar-refractivity contribution >= 4 is 10.9 Å². The molecule has 1 aromatic heterocycles. The molecule has 0 radical (unpaired) electrons. The number of nitrogens with zero attached hydrogens (tertiary/aromatic N) is 1. The summed E-state index contributed by atoms with van der Waals surface area (Å²) in [4.78, 5) is 4.25. The van der Waals surface area contributed by atoms with Crippen molar-refractivity contribution in [2.75, 3.05) is 0 Å². The summed E-state index contributed by atoms with van der Waals surface area (Å²) < 4.78 is 55.3. The van der Waals surface area contributed by atoms with Gasteiger partial charge < -0.3 is 0 Å². The van der Waals surface area contributed by atoms with Gasteiger partial charge in [-0.1, -0.05) is 78.6 Å². The summed E-state index contributed by atoms with van der Waals surface area (Å²) in [6.45, 7) is 0. The second-order valence-corrected chi connectivity index (χ2v) is 8.33. The fraction of sp³-hybridized carbons (Fsp3) is 0.0645. The molecule has 0 saturated heterocycles. The highest BCUT2D eigenvalue weighted by molar-refractivity contribution is 5.98. The molecule has 36 heavy (non-hydrogen) atoms. The van der Waals surface area contributed by atoms with Crippen LogP contribution in [0.25, 0.3) is 22.0 Å². The van der Waals surface area contributed by atoms with Crippen molar-refractivity contribution < 1.29 is 17.6 Å². The van der Waals surface area contributed by atoms with Crippen LogP contribution in [0.2, 0.25) is 0 Å². The van der Waals surface area contributed by atoms with Gasteiger partial charge in [0.1, 0.15) is 5.82 Å². The minimum Gasteiger partial charge on any atom is -0.255 e. The van der Waals surface area contributed by atoms with Crippen LogP contribution in [0.5, 0.6) is 0 Å². The third kappa shape index (κ3) is 4.85. The van der Waals surface area contributed by atoms with E-state index < -0.39 is 17.6 Å². The Morgan fingerprint density at radius 3 is 2.28 bits per heavy atom. The van der Waals surface area contributed by atoms with Crippen LogP contribution in [0, 0.1) is 17.7 Å². The maximum atomic E-state index is 14.0. The molecule has 0 amide bonds. The van der Waals surface area contributed by atoms with Crippen molar-refractivity contribution in [3.05, 3.63) is 137 Å². The number of rotatable bonds is 3. The summed E-state index contributed by atoms with van der Waals surface area (Å²) in [6, 6.07) is 27.3. The maximum Gasteiger partial charge on any atom is 0.418 e. The average Bonchev–Trinajstić information content (AvgIpc) is 2.88. The Bertz CT molecular complexity index is 1610. The molecule has 0 spiro atoms. The third-order valence-corrected chi connectivity index (χ3v) is 5.89. The van der Waals surface area contributed by atoms with Gasteiger partial charge in [0, 0.05) is 17.1 Å². The predicted molar refractivity (Wildman–Crippen MR) is 134 cm³/mol. The van der Waals surface area contributed by atoms with Crippen LogP contribution in [0.15, 0.2) is 103 Å². The largest absolute Gasteiger partial charge is 0.418 e. The number of aromatic nitrogens is 1. The highest BCUT2D eigenvalue weighted by atomic mass is 19.4. The normalized spacial score (nSPS) is 11.2. The molecule has 1 nitrogen and oxygen atoms in total. The molecule has 0 aliphatic heterocycles. The van der Waals surface area contributed by atoms with E-state index in [2.05, 4.69) is 16.8 Å². The number of hydrogen-bond acceptors (Lipinski definition) is 1. The molecule has 5 aromatic rings. The molecule has 0 aliphatic carbocycles. The third-order valence-electron chi connectivity index (χ3n) is 5.89. The van der Waals surface area contributed by atoms with Crippen LogP contribution in [0.1, 0.15) is 27.8 Å². The fourth-order valence-corrected chi connectivity index (χ4v) is 4.24. The molecule has 0 bridgehead atoms. The van der Waals surface area contributed by atoms with Crippen molar-refractivity contribution in [3.63, 3.8) is 0 Å². The summed E-state index contributed by atoms with van der Waals surface area (Å²) in [5.41, 5.74) is 3.23. The van der Waals surface area contributed by atoms with Gasteiger partial charge in [-0.25, -0.2) is 4.39 Å². The number of pyridine rings is 1. The molecule has 5 rings (SSSR count). The van der Waals surface area contributed by atoms with E-state index in [1.165, 1.54) is 18.3 Å². The second kappa shape index (κ2) is 9.67. The SMILES string of the molecule is Fc1ccccc1C#Cc1cccc(-c2c(Cc3ccccc3)cnc3c(C(F)(F)F)cccc23)c1. The summed E-state index contributed by atoms with van der Waals surface area (Å²) in [6.07, 6.45) is -2.50. The molecule has 176 valence electrons. The lowest BCUT2D eigenvalue weighted by Crippen LogP contribution is -2.07. The topological polar surface area (TPSA) is 12.9 Å². The Morgan fingerprint density at radius 1 is 0.750 bits per heavy atom. The van der Waals surface area contributed by atoms with E-state index in [4.69, 9.17) is 0 Å². The molecular formula is C31H19F4N. The smallest absolute Gasteiger partial charge is 0.255 e. The van der Waals surface area contributed by atoms with E-state index in [0.29, 0.717) is 28.5 Å². The molecule has 0 atom stereocenters. The van der Waals surface area contributed by atoms with Crippen LogP contribution >= 0.6 is 0 Å². The zero-order valence-electron chi connectivity index (χ0n) is 19.0. The maximum absolute atomic E-state index is 14.0. The molecule has 0 N–H and O–H groups in total. The quantitative estimate of drug-likeness (QED) is 0.188. The fourth-order valence-electron chi connectivity index (χ4n) is 4.24. The van der Waals surface area contributed by atoms with E-state index in [-0.39, 0.29) is 11.1 Å². The first-order chi connectivity index (χ1) is 17.4. The Balaban J connectivity index is 1.69. The first-order valence-corrected chi connectivity index (χ1v) is 11.3. The zero-order chi connectivity index (χ0) is 25.1. The molecule has 0 aliphatic rings. The monoisotopic (exact) mass is 481 g/mol. The summed E-state index contributed by atoms with van der Waals surface area (Å²) >= 11 is 0. The molecular weight excluding hydrogens is 462 g/mol. The number of para-hydroxylation sites is 1. The zero-order valence-corrected chi connectivity index (χ0v) is 19.0. The minimum atomic E-state index is -4.53. The predicted octanol–water partition coefficient (Wildman–Crippen LogP) is 8.05. The van der Waals surface area contributed by atoms with Gasteiger partial charge in [-0.15, -0.1) is 0 Å². The summed E-state index contributed by atoms with van der Waals surface area (Å²) in [7, 11) is 0. The molecule has 0 saturated carbocycles. The van der Waals surface area contributed by atoms with Crippen LogP contribution in [-0.2, 0) is 12.6 Å². The van der Waals surface area contributed by atoms with Gasteiger partial charge in [-0.05, 0) is 59.0 Å². The Morgan fingerprint density at radius 2 is 1.50 bits per heavy atom. The molecule has 5 heteroatoms. The second-order valence-electron chi connectivity index (χ2n) is 8.33. The van der Waals surface area contributed by atoms with Crippen LogP contribution in [0.4, 0.5) is 17.6 Å². The highest BCUT2D eigenvalue weighted by Crippen LogP contribution is 2.39. The van der Waals surface area contributed by atoms with Gasteiger partial charge in [-0.2, -0.15) is 13.2 Å². The van der Waals surface area contributed by atoms with Gasteiger partial charge in [-0.3, -0.25) is 4.98 Å². The van der Waals surface area contributed by atoms with Crippen molar-refractivity contribution in [2.45, 2.75) is 12.6 Å².